The molecule has 0 aliphatic carbocycles. The van der Waals surface area contributed by atoms with E-state index >= 15 is 0 Å². The van der Waals surface area contributed by atoms with Gasteiger partial charge >= 0.3 is 5.97 Å². The summed E-state index contributed by atoms with van der Waals surface area (Å²) in [4.78, 5) is 25.5. The van der Waals surface area contributed by atoms with Crippen molar-refractivity contribution in [2.75, 3.05) is 11.6 Å². The van der Waals surface area contributed by atoms with E-state index in [0.717, 1.165) is 10.5 Å². The number of esters is 1. The highest BCUT2D eigenvalue weighted by Gasteiger charge is 2.21. The number of anilines is 1. The molecule has 0 saturated heterocycles. The lowest BCUT2D eigenvalue weighted by molar-refractivity contribution is -0.123. The molecular weight excluding hydrogens is 381 g/mol. The number of carbonyl (C=O) groups is 2. The summed E-state index contributed by atoms with van der Waals surface area (Å²) >= 11 is 13.5. The highest BCUT2D eigenvalue weighted by Crippen LogP contribution is 2.24. The molecule has 0 aromatic heterocycles. The standard InChI is InChI=1S/C18H17Cl2NO3S/c1-10-4-5-12(19)8-16(10)21-17(22)11(2)24-18(23)14-9-13(25-3)6-7-15(14)20/h4-9,11H,1-3H3,(H,21,22). The third-order valence-electron chi connectivity index (χ3n) is 3.50. The number of hydrogen-bond donors (Lipinski definition) is 1. The van der Waals surface area contributed by atoms with Gasteiger partial charge in [0.15, 0.2) is 6.10 Å². The fourth-order valence-corrected chi connectivity index (χ4v) is 2.84. The van der Waals surface area contributed by atoms with E-state index in [1.807, 2.05) is 19.2 Å². The van der Waals surface area contributed by atoms with Crippen molar-refractivity contribution in [3.05, 3.63) is 57.6 Å². The summed E-state index contributed by atoms with van der Waals surface area (Å²) in [5.41, 5.74) is 1.65. The second kappa shape index (κ2) is 8.61. The van der Waals surface area contributed by atoms with E-state index in [4.69, 9.17) is 27.9 Å². The Morgan fingerprint density at radius 1 is 1.16 bits per heavy atom. The average Bonchev–Trinajstić information content (AvgIpc) is 2.58. The van der Waals surface area contributed by atoms with Gasteiger partial charge in [-0.05, 0) is 56.0 Å². The summed E-state index contributed by atoms with van der Waals surface area (Å²) in [5.74, 6) is -1.10. The number of thioether (sulfide) groups is 1. The van der Waals surface area contributed by atoms with Gasteiger partial charge in [-0.15, -0.1) is 11.8 Å². The molecule has 0 heterocycles. The minimum absolute atomic E-state index is 0.229. The van der Waals surface area contributed by atoms with Crippen molar-refractivity contribution in [2.24, 2.45) is 0 Å². The van der Waals surface area contributed by atoms with Gasteiger partial charge in [0, 0.05) is 15.6 Å². The molecule has 0 aliphatic rings. The van der Waals surface area contributed by atoms with Crippen molar-refractivity contribution >= 4 is 52.5 Å². The van der Waals surface area contributed by atoms with E-state index in [1.165, 1.54) is 18.7 Å². The van der Waals surface area contributed by atoms with Crippen LogP contribution in [0.15, 0.2) is 41.3 Å². The molecule has 7 heteroatoms. The van der Waals surface area contributed by atoms with Crippen LogP contribution in [0.4, 0.5) is 5.69 Å². The summed E-state index contributed by atoms with van der Waals surface area (Å²) in [6.45, 7) is 3.34. The molecule has 1 N–H and O–H groups in total. The molecular formula is C18H17Cl2NO3S. The number of rotatable bonds is 5. The zero-order chi connectivity index (χ0) is 18.6. The second-order valence-corrected chi connectivity index (χ2v) is 7.07. The van der Waals surface area contributed by atoms with E-state index in [2.05, 4.69) is 5.32 Å². The quantitative estimate of drug-likeness (QED) is 0.555. The Labute approximate surface area is 160 Å². The molecule has 2 aromatic carbocycles. The molecule has 25 heavy (non-hydrogen) atoms. The van der Waals surface area contributed by atoms with Gasteiger partial charge in [-0.25, -0.2) is 4.79 Å². The number of nitrogens with one attached hydrogen (secondary N) is 1. The lowest BCUT2D eigenvalue weighted by atomic mass is 10.2. The predicted octanol–water partition coefficient (Wildman–Crippen LogP) is 5.21. The summed E-state index contributed by atoms with van der Waals surface area (Å²) in [7, 11) is 0. The number of amides is 1. The van der Waals surface area contributed by atoms with Gasteiger partial charge in [0.2, 0.25) is 0 Å². The van der Waals surface area contributed by atoms with Crippen LogP contribution in [0, 0.1) is 6.92 Å². The van der Waals surface area contributed by atoms with Crippen LogP contribution in [0.5, 0.6) is 0 Å². The Kier molecular flexibility index (Phi) is 6.76. The van der Waals surface area contributed by atoms with Gasteiger partial charge in [-0.3, -0.25) is 4.79 Å². The predicted molar refractivity (Wildman–Crippen MR) is 103 cm³/mol. The van der Waals surface area contributed by atoms with E-state index in [1.54, 1.807) is 30.3 Å². The average molecular weight is 398 g/mol. The van der Waals surface area contributed by atoms with Gasteiger partial charge in [0.1, 0.15) is 0 Å². The summed E-state index contributed by atoms with van der Waals surface area (Å²) in [6.07, 6.45) is 0.904. The van der Waals surface area contributed by atoms with Crippen LogP contribution in [-0.4, -0.2) is 24.2 Å². The number of hydrogen-bond acceptors (Lipinski definition) is 4. The Morgan fingerprint density at radius 3 is 2.56 bits per heavy atom. The van der Waals surface area contributed by atoms with E-state index < -0.39 is 18.0 Å². The van der Waals surface area contributed by atoms with Crippen LogP contribution in [0.1, 0.15) is 22.8 Å². The van der Waals surface area contributed by atoms with Crippen molar-refractivity contribution in [1.29, 1.82) is 0 Å². The van der Waals surface area contributed by atoms with Crippen LogP contribution in [0.2, 0.25) is 10.0 Å². The van der Waals surface area contributed by atoms with Crippen molar-refractivity contribution < 1.29 is 14.3 Å². The van der Waals surface area contributed by atoms with Crippen LogP contribution in [0.25, 0.3) is 0 Å². The highest BCUT2D eigenvalue weighted by atomic mass is 35.5. The lowest BCUT2D eigenvalue weighted by Gasteiger charge is -2.15. The number of benzene rings is 2. The molecule has 1 atom stereocenters. The first-order valence-electron chi connectivity index (χ1n) is 7.43. The first kappa shape index (κ1) is 19.6. The number of halogens is 2. The molecule has 2 rings (SSSR count). The first-order chi connectivity index (χ1) is 11.8. The Balaban J connectivity index is 2.08. The third-order valence-corrected chi connectivity index (χ3v) is 4.79. The summed E-state index contributed by atoms with van der Waals surface area (Å²) < 4.78 is 5.24. The largest absolute Gasteiger partial charge is 0.449 e. The maximum absolute atomic E-state index is 12.3. The fraction of sp³-hybridized carbons (Fsp3) is 0.222. The zero-order valence-corrected chi connectivity index (χ0v) is 16.3. The van der Waals surface area contributed by atoms with E-state index in [0.29, 0.717) is 10.7 Å². The maximum atomic E-state index is 12.3. The third kappa shape index (κ3) is 5.14. The maximum Gasteiger partial charge on any atom is 0.340 e. The topological polar surface area (TPSA) is 55.4 Å². The van der Waals surface area contributed by atoms with Crippen molar-refractivity contribution in [3.63, 3.8) is 0 Å². The molecule has 1 unspecified atom stereocenters. The molecule has 132 valence electrons. The van der Waals surface area contributed by atoms with Gasteiger partial charge in [0.05, 0.1) is 10.6 Å². The molecule has 0 saturated carbocycles. The first-order valence-corrected chi connectivity index (χ1v) is 9.41. The van der Waals surface area contributed by atoms with Gasteiger partial charge in [-0.1, -0.05) is 29.3 Å². The van der Waals surface area contributed by atoms with Gasteiger partial charge in [-0.2, -0.15) is 0 Å². The fourth-order valence-electron chi connectivity index (χ4n) is 2.03. The minimum Gasteiger partial charge on any atom is -0.449 e. The van der Waals surface area contributed by atoms with Gasteiger partial charge in [0.25, 0.3) is 5.91 Å². The minimum atomic E-state index is -0.986. The Hall–Kier alpha value is -1.69. The Bertz CT molecular complexity index is 811. The monoisotopic (exact) mass is 397 g/mol. The molecule has 2 aromatic rings. The highest BCUT2D eigenvalue weighted by molar-refractivity contribution is 7.98. The smallest absolute Gasteiger partial charge is 0.340 e. The normalized spacial score (nSPS) is 11.7. The molecule has 0 aliphatic heterocycles. The molecule has 0 radical (unpaired) electrons. The SMILES string of the molecule is CSc1ccc(Cl)c(C(=O)OC(C)C(=O)Nc2cc(Cl)ccc2C)c1. The van der Waals surface area contributed by atoms with Crippen molar-refractivity contribution in [2.45, 2.75) is 24.8 Å². The number of aryl methyl sites for hydroxylation is 1. The summed E-state index contributed by atoms with van der Waals surface area (Å²) in [5, 5.41) is 3.49. The van der Waals surface area contributed by atoms with E-state index in [9.17, 15) is 9.59 Å². The second-order valence-electron chi connectivity index (χ2n) is 5.34. The molecule has 4 nitrogen and oxygen atoms in total. The van der Waals surface area contributed by atoms with E-state index in [-0.39, 0.29) is 10.6 Å². The zero-order valence-electron chi connectivity index (χ0n) is 13.9. The molecule has 0 spiro atoms. The van der Waals surface area contributed by atoms with Crippen LogP contribution >= 0.6 is 35.0 Å². The number of ether oxygens (including phenoxy) is 1. The van der Waals surface area contributed by atoms with Crippen LogP contribution in [0.3, 0.4) is 0 Å². The van der Waals surface area contributed by atoms with Crippen molar-refractivity contribution in [1.82, 2.24) is 0 Å². The molecule has 0 bridgehead atoms. The summed E-state index contributed by atoms with van der Waals surface area (Å²) in [6, 6.07) is 10.2. The lowest BCUT2D eigenvalue weighted by Crippen LogP contribution is -2.30. The van der Waals surface area contributed by atoms with Crippen molar-refractivity contribution in [3.8, 4) is 0 Å². The molecule has 1 amide bonds. The molecule has 0 fully saturated rings. The van der Waals surface area contributed by atoms with Crippen LogP contribution in [-0.2, 0) is 9.53 Å². The van der Waals surface area contributed by atoms with Crippen LogP contribution < -0.4 is 5.32 Å². The Morgan fingerprint density at radius 2 is 1.88 bits per heavy atom. The number of carbonyl (C=O) groups excluding carboxylic acids is 2. The van der Waals surface area contributed by atoms with Gasteiger partial charge < -0.3 is 10.1 Å².